The number of hydrogen-bond acceptors (Lipinski definition) is 5. The molecule has 0 spiro atoms. The number of ether oxygens (including phenoxy) is 2. The summed E-state index contributed by atoms with van der Waals surface area (Å²) in [5.74, 6) is 2.24. The smallest absolute Gasteiger partial charge is 0.211 e. The van der Waals surface area contributed by atoms with Crippen LogP contribution in [0.25, 0.3) is 0 Å². The van der Waals surface area contributed by atoms with Crippen molar-refractivity contribution in [1.29, 1.82) is 0 Å². The predicted octanol–water partition coefficient (Wildman–Crippen LogP) is 3.21. The molecule has 1 aliphatic rings. The SMILES string of the molecule is CCS(=O)(=O)NCCNC(=NCCCOCC1CC1)Nc1ccc(OC(C)C)cc1.I. The van der Waals surface area contributed by atoms with Gasteiger partial charge in [0, 0.05) is 38.5 Å². The van der Waals surface area contributed by atoms with Gasteiger partial charge in [-0.05, 0) is 70.2 Å². The Morgan fingerprint density at radius 2 is 1.90 bits per heavy atom. The van der Waals surface area contributed by atoms with E-state index >= 15 is 0 Å². The van der Waals surface area contributed by atoms with Gasteiger partial charge in [-0.3, -0.25) is 4.99 Å². The average molecular weight is 569 g/mol. The Morgan fingerprint density at radius 1 is 1.19 bits per heavy atom. The summed E-state index contributed by atoms with van der Waals surface area (Å²) in [7, 11) is -3.20. The predicted molar refractivity (Wildman–Crippen MR) is 137 cm³/mol. The normalized spacial score (nSPS) is 14.3. The molecule has 8 nitrogen and oxygen atoms in total. The van der Waals surface area contributed by atoms with Gasteiger partial charge < -0.3 is 20.1 Å². The molecule has 1 fully saturated rings. The number of guanidine groups is 1. The lowest BCUT2D eigenvalue weighted by molar-refractivity contribution is 0.123. The number of sulfonamides is 1. The van der Waals surface area contributed by atoms with Crippen LogP contribution in [0.3, 0.4) is 0 Å². The summed E-state index contributed by atoms with van der Waals surface area (Å²) in [6.07, 6.45) is 3.54. The molecule has 0 radical (unpaired) electrons. The average Bonchev–Trinajstić information content (AvgIpc) is 3.53. The lowest BCUT2D eigenvalue weighted by Crippen LogP contribution is -2.38. The minimum atomic E-state index is -3.20. The van der Waals surface area contributed by atoms with Crippen molar-refractivity contribution in [1.82, 2.24) is 10.0 Å². The minimum absolute atomic E-state index is 0. The second-order valence-corrected chi connectivity index (χ2v) is 9.74. The third-order valence-corrected chi connectivity index (χ3v) is 5.78. The molecular formula is C21H37IN4O4S. The molecule has 0 unspecified atom stereocenters. The molecule has 1 aromatic rings. The molecule has 2 rings (SSSR count). The molecule has 0 atom stereocenters. The van der Waals surface area contributed by atoms with Crippen molar-refractivity contribution in [2.24, 2.45) is 10.9 Å². The minimum Gasteiger partial charge on any atom is -0.491 e. The lowest BCUT2D eigenvalue weighted by Gasteiger charge is -2.14. The fraction of sp³-hybridized carbons (Fsp3) is 0.667. The van der Waals surface area contributed by atoms with Crippen LogP contribution < -0.4 is 20.1 Å². The van der Waals surface area contributed by atoms with E-state index in [1.54, 1.807) is 6.92 Å². The molecule has 1 saturated carbocycles. The Kier molecular flexibility index (Phi) is 13.4. The van der Waals surface area contributed by atoms with Gasteiger partial charge in [-0.2, -0.15) is 0 Å². The van der Waals surface area contributed by atoms with Gasteiger partial charge in [0.25, 0.3) is 0 Å². The number of hydrogen-bond donors (Lipinski definition) is 3. The quantitative estimate of drug-likeness (QED) is 0.138. The second-order valence-electron chi connectivity index (χ2n) is 7.64. The standard InChI is InChI=1S/C21H36N4O4S.HI/c1-4-30(26,27)24-14-13-23-21(22-12-5-15-28-16-18-6-7-18)25-19-8-10-20(11-9-19)29-17(2)3;/h8-11,17-18,24H,4-7,12-16H2,1-3H3,(H2,22,23,25);1H. The third-order valence-electron chi connectivity index (χ3n) is 4.38. The monoisotopic (exact) mass is 568 g/mol. The van der Waals surface area contributed by atoms with Crippen molar-refractivity contribution >= 4 is 45.6 Å². The Labute approximate surface area is 204 Å². The van der Waals surface area contributed by atoms with E-state index in [2.05, 4.69) is 20.3 Å². The summed E-state index contributed by atoms with van der Waals surface area (Å²) in [5.41, 5.74) is 0.872. The van der Waals surface area contributed by atoms with Crippen LogP contribution in [0.4, 0.5) is 5.69 Å². The van der Waals surface area contributed by atoms with E-state index in [-0.39, 0.29) is 35.8 Å². The highest BCUT2D eigenvalue weighted by Crippen LogP contribution is 2.28. The first-order valence-corrected chi connectivity index (χ1v) is 12.4. The third kappa shape index (κ3) is 13.1. The van der Waals surface area contributed by atoms with Crippen LogP contribution in [-0.2, 0) is 14.8 Å². The van der Waals surface area contributed by atoms with E-state index in [0.717, 1.165) is 30.4 Å². The van der Waals surface area contributed by atoms with Crippen molar-refractivity contribution in [2.45, 2.75) is 46.1 Å². The van der Waals surface area contributed by atoms with Crippen molar-refractivity contribution in [3.05, 3.63) is 24.3 Å². The fourth-order valence-corrected chi connectivity index (χ4v) is 3.16. The topological polar surface area (TPSA) is 101 Å². The van der Waals surface area contributed by atoms with Crippen LogP contribution >= 0.6 is 24.0 Å². The van der Waals surface area contributed by atoms with Gasteiger partial charge >= 0.3 is 0 Å². The Morgan fingerprint density at radius 3 is 2.52 bits per heavy atom. The summed E-state index contributed by atoms with van der Waals surface area (Å²) in [5, 5.41) is 6.43. The van der Waals surface area contributed by atoms with E-state index in [1.807, 2.05) is 38.1 Å². The van der Waals surface area contributed by atoms with Crippen LogP contribution in [0.15, 0.2) is 29.3 Å². The highest BCUT2D eigenvalue weighted by molar-refractivity contribution is 14.0. The van der Waals surface area contributed by atoms with Gasteiger partial charge in [0.05, 0.1) is 11.9 Å². The maximum atomic E-state index is 11.6. The Hall–Kier alpha value is -1.11. The number of aliphatic imine (C=N–C) groups is 1. The molecular weight excluding hydrogens is 531 g/mol. The van der Waals surface area contributed by atoms with Crippen LogP contribution in [0.5, 0.6) is 5.75 Å². The van der Waals surface area contributed by atoms with Crippen LogP contribution in [0.2, 0.25) is 0 Å². The summed E-state index contributed by atoms with van der Waals surface area (Å²) in [4.78, 5) is 4.58. The van der Waals surface area contributed by atoms with Crippen LogP contribution in [-0.4, -0.2) is 59.1 Å². The summed E-state index contributed by atoms with van der Waals surface area (Å²) < 4.78 is 37.0. The van der Waals surface area contributed by atoms with Gasteiger partial charge in [0.15, 0.2) is 5.96 Å². The van der Waals surface area contributed by atoms with Crippen molar-refractivity contribution in [3.63, 3.8) is 0 Å². The van der Waals surface area contributed by atoms with E-state index in [0.29, 0.717) is 32.2 Å². The molecule has 0 aliphatic heterocycles. The molecule has 10 heteroatoms. The summed E-state index contributed by atoms with van der Waals surface area (Å²) >= 11 is 0. The zero-order valence-corrected chi connectivity index (χ0v) is 21.9. The molecule has 0 amide bonds. The molecule has 3 N–H and O–H groups in total. The number of rotatable bonds is 14. The number of nitrogens with one attached hydrogen (secondary N) is 3. The molecule has 1 aromatic carbocycles. The Bertz CT molecular complexity index is 753. The fourth-order valence-electron chi connectivity index (χ4n) is 2.55. The molecule has 178 valence electrons. The highest BCUT2D eigenvalue weighted by Gasteiger charge is 2.20. The lowest BCUT2D eigenvalue weighted by atomic mass is 10.3. The number of halogens is 1. The van der Waals surface area contributed by atoms with E-state index in [4.69, 9.17) is 9.47 Å². The molecule has 0 heterocycles. The second kappa shape index (κ2) is 14.9. The van der Waals surface area contributed by atoms with Crippen molar-refractivity contribution in [2.75, 3.05) is 43.9 Å². The maximum absolute atomic E-state index is 11.6. The zero-order chi connectivity index (χ0) is 21.8. The maximum Gasteiger partial charge on any atom is 0.211 e. The summed E-state index contributed by atoms with van der Waals surface area (Å²) in [6.45, 7) is 8.49. The van der Waals surface area contributed by atoms with Crippen molar-refractivity contribution in [3.8, 4) is 5.75 Å². The van der Waals surface area contributed by atoms with Gasteiger partial charge in [0.1, 0.15) is 5.75 Å². The summed E-state index contributed by atoms with van der Waals surface area (Å²) in [6, 6.07) is 7.66. The number of benzene rings is 1. The van der Waals surface area contributed by atoms with E-state index in [9.17, 15) is 8.42 Å². The molecule has 1 aliphatic carbocycles. The number of nitrogens with zero attached hydrogens (tertiary/aromatic N) is 1. The van der Waals surface area contributed by atoms with E-state index in [1.165, 1.54) is 12.8 Å². The Balaban J connectivity index is 0.00000480. The van der Waals surface area contributed by atoms with Crippen LogP contribution in [0, 0.1) is 5.92 Å². The first-order chi connectivity index (χ1) is 14.4. The zero-order valence-electron chi connectivity index (χ0n) is 18.7. The van der Waals surface area contributed by atoms with Gasteiger partial charge in [0.2, 0.25) is 10.0 Å². The molecule has 0 aromatic heterocycles. The molecule has 0 bridgehead atoms. The highest BCUT2D eigenvalue weighted by atomic mass is 127. The first-order valence-electron chi connectivity index (χ1n) is 10.7. The van der Waals surface area contributed by atoms with Crippen molar-refractivity contribution < 1.29 is 17.9 Å². The first kappa shape index (κ1) is 27.9. The molecule has 31 heavy (non-hydrogen) atoms. The van der Waals surface area contributed by atoms with Crippen LogP contribution in [0.1, 0.15) is 40.0 Å². The number of anilines is 1. The molecule has 0 saturated heterocycles. The largest absolute Gasteiger partial charge is 0.491 e. The van der Waals surface area contributed by atoms with Gasteiger partial charge in [-0.15, -0.1) is 24.0 Å². The van der Waals surface area contributed by atoms with Gasteiger partial charge in [-0.1, -0.05) is 0 Å². The van der Waals surface area contributed by atoms with E-state index < -0.39 is 10.0 Å². The van der Waals surface area contributed by atoms with Gasteiger partial charge in [-0.25, -0.2) is 13.1 Å².